The Hall–Kier alpha value is -2.07. The van der Waals surface area contributed by atoms with Crippen LogP contribution in [0.1, 0.15) is 18.2 Å². The molecular weight excluding hydrogens is 214 g/mol. The van der Waals surface area contributed by atoms with E-state index in [2.05, 4.69) is 10.4 Å². The van der Waals surface area contributed by atoms with E-state index in [1.54, 1.807) is 6.26 Å². The Morgan fingerprint density at radius 1 is 1.29 bits per heavy atom. The molecule has 2 rings (SSSR count). The second-order valence-electron chi connectivity index (χ2n) is 3.55. The van der Waals surface area contributed by atoms with Crippen molar-refractivity contribution in [1.29, 1.82) is 0 Å². The van der Waals surface area contributed by atoms with E-state index in [1.807, 2.05) is 43.3 Å². The monoisotopic (exact) mass is 229 g/mol. The van der Waals surface area contributed by atoms with Crippen molar-refractivity contribution in [2.75, 3.05) is 0 Å². The van der Waals surface area contributed by atoms with Gasteiger partial charge in [0.25, 0.3) is 0 Å². The van der Waals surface area contributed by atoms with Gasteiger partial charge in [-0.3, -0.25) is 0 Å². The molecule has 1 heterocycles. The Morgan fingerprint density at radius 2 is 2.06 bits per heavy atom. The average molecular weight is 229 g/mol. The maximum atomic E-state index is 5.51. The molecule has 4 nitrogen and oxygen atoms in total. The zero-order chi connectivity index (χ0) is 12.1. The summed E-state index contributed by atoms with van der Waals surface area (Å²) in [5.41, 5.74) is 4.37. The van der Waals surface area contributed by atoms with Gasteiger partial charge >= 0.3 is 0 Å². The van der Waals surface area contributed by atoms with Gasteiger partial charge in [-0.25, -0.2) is 10.8 Å². The number of rotatable bonds is 3. The zero-order valence-electron chi connectivity index (χ0n) is 9.68. The lowest BCUT2D eigenvalue weighted by Gasteiger charge is -2.05. The molecule has 0 fully saturated rings. The summed E-state index contributed by atoms with van der Waals surface area (Å²) >= 11 is 0. The summed E-state index contributed by atoms with van der Waals surface area (Å²) in [6.45, 7) is 2.03. The second-order valence-corrected chi connectivity index (χ2v) is 3.55. The Balaban J connectivity index is 2.37. The molecule has 0 aliphatic rings. The maximum absolute atomic E-state index is 5.51. The van der Waals surface area contributed by atoms with Crippen molar-refractivity contribution in [3.8, 4) is 0 Å². The van der Waals surface area contributed by atoms with Crippen molar-refractivity contribution in [1.82, 2.24) is 5.43 Å². The van der Waals surface area contributed by atoms with Gasteiger partial charge in [-0.1, -0.05) is 25.1 Å². The summed E-state index contributed by atoms with van der Waals surface area (Å²) in [5.74, 6) is 7.00. The van der Waals surface area contributed by atoms with Gasteiger partial charge in [-0.2, -0.15) is 0 Å². The van der Waals surface area contributed by atoms with Gasteiger partial charge in [0, 0.05) is 6.42 Å². The minimum Gasteiger partial charge on any atom is -0.469 e. The molecule has 4 heteroatoms. The summed E-state index contributed by atoms with van der Waals surface area (Å²) in [4.78, 5) is 4.45. The van der Waals surface area contributed by atoms with Crippen LogP contribution in [-0.2, 0) is 6.42 Å². The molecule has 0 unspecified atom stereocenters. The summed E-state index contributed by atoms with van der Waals surface area (Å²) in [7, 11) is 0. The highest BCUT2D eigenvalue weighted by Crippen LogP contribution is 2.16. The van der Waals surface area contributed by atoms with Crippen molar-refractivity contribution < 1.29 is 4.42 Å². The number of amidine groups is 1. The number of nitrogens with two attached hydrogens (primary N) is 1. The molecule has 0 spiro atoms. The molecule has 0 aliphatic carbocycles. The highest BCUT2D eigenvalue weighted by Gasteiger charge is 2.10. The zero-order valence-corrected chi connectivity index (χ0v) is 9.68. The third-order valence-corrected chi connectivity index (χ3v) is 2.46. The van der Waals surface area contributed by atoms with Crippen molar-refractivity contribution in [2.45, 2.75) is 13.3 Å². The van der Waals surface area contributed by atoms with E-state index in [0.717, 1.165) is 23.4 Å². The van der Waals surface area contributed by atoms with Gasteiger partial charge in [0.05, 0.1) is 17.5 Å². The van der Waals surface area contributed by atoms with Crippen molar-refractivity contribution >= 4 is 11.5 Å². The Bertz CT molecular complexity index is 502. The standard InChI is InChI=1S/C13H15N3O/c1-2-12-11(8-9-17-12)13(16-14)15-10-6-4-3-5-7-10/h3-9H,2,14H2,1H3,(H,15,16). The highest BCUT2D eigenvalue weighted by molar-refractivity contribution is 6.00. The summed E-state index contributed by atoms with van der Waals surface area (Å²) in [5, 5.41) is 0. The number of hydrazine groups is 1. The van der Waals surface area contributed by atoms with E-state index in [1.165, 1.54) is 0 Å². The van der Waals surface area contributed by atoms with Crippen LogP contribution >= 0.6 is 0 Å². The maximum Gasteiger partial charge on any atom is 0.151 e. The van der Waals surface area contributed by atoms with E-state index >= 15 is 0 Å². The van der Waals surface area contributed by atoms with Gasteiger partial charge < -0.3 is 9.84 Å². The fourth-order valence-corrected chi connectivity index (χ4v) is 1.63. The van der Waals surface area contributed by atoms with Crippen molar-refractivity contribution in [3.05, 3.63) is 54.0 Å². The molecule has 17 heavy (non-hydrogen) atoms. The van der Waals surface area contributed by atoms with Crippen LogP contribution in [0.4, 0.5) is 5.69 Å². The molecule has 0 saturated carbocycles. The molecule has 0 amide bonds. The van der Waals surface area contributed by atoms with Gasteiger partial charge in [0.2, 0.25) is 0 Å². The normalized spacial score (nSPS) is 11.5. The molecule has 1 aromatic carbocycles. The van der Waals surface area contributed by atoms with Crippen LogP contribution in [0.2, 0.25) is 0 Å². The number of nitrogens with zero attached hydrogens (tertiary/aromatic N) is 1. The van der Waals surface area contributed by atoms with Crippen LogP contribution < -0.4 is 11.3 Å². The van der Waals surface area contributed by atoms with E-state index in [0.29, 0.717) is 5.84 Å². The molecule has 0 aliphatic heterocycles. The molecule has 0 saturated heterocycles. The van der Waals surface area contributed by atoms with Crippen molar-refractivity contribution in [2.24, 2.45) is 10.8 Å². The Labute approximate surface area is 100 Å². The molecule has 3 N–H and O–H groups in total. The third kappa shape index (κ3) is 2.54. The molecule has 88 valence electrons. The third-order valence-electron chi connectivity index (χ3n) is 2.46. The molecule has 0 atom stereocenters. The molecule has 2 aromatic rings. The number of hydrogen-bond donors (Lipinski definition) is 2. The largest absolute Gasteiger partial charge is 0.469 e. The van der Waals surface area contributed by atoms with E-state index in [4.69, 9.17) is 10.3 Å². The van der Waals surface area contributed by atoms with Crippen LogP contribution in [0.25, 0.3) is 0 Å². The first-order chi connectivity index (χ1) is 8.35. The minimum atomic E-state index is 0.613. The molecule has 0 radical (unpaired) electrons. The van der Waals surface area contributed by atoms with Crippen LogP contribution in [0.5, 0.6) is 0 Å². The predicted molar refractivity (Wildman–Crippen MR) is 68.0 cm³/mol. The summed E-state index contributed by atoms with van der Waals surface area (Å²) in [6.07, 6.45) is 2.45. The van der Waals surface area contributed by atoms with Crippen LogP contribution in [0.3, 0.4) is 0 Å². The molecule has 0 bridgehead atoms. The van der Waals surface area contributed by atoms with E-state index in [9.17, 15) is 0 Å². The first-order valence-electron chi connectivity index (χ1n) is 5.52. The summed E-state index contributed by atoms with van der Waals surface area (Å²) in [6, 6.07) is 11.5. The topological polar surface area (TPSA) is 63.5 Å². The minimum absolute atomic E-state index is 0.613. The number of hydrogen-bond acceptors (Lipinski definition) is 3. The first kappa shape index (κ1) is 11.4. The summed E-state index contributed by atoms with van der Waals surface area (Å²) < 4.78 is 5.36. The molecule has 1 aromatic heterocycles. The number of aryl methyl sites for hydroxylation is 1. The fourth-order valence-electron chi connectivity index (χ4n) is 1.63. The molecular formula is C13H15N3O. The van der Waals surface area contributed by atoms with E-state index < -0.39 is 0 Å². The SMILES string of the molecule is CCc1occc1C(=Nc1ccccc1)NN. The van der Waals surface area contributed by atoms with Crippen LogP contribution in [0, 0.1) is 0 Å². The lowest BCUT2D eigenvalue weighted by atomic mass is 10.2. The fraction of sp³-hybridized carbons (Fsp3) is 0.154. The quantitative estimate of drug-likeness (QED) is 0.367. The average Bonchev–Trinajstić information content (AvgIpc) is 2.85. The van der Waals surface area contributed by atoms with Gasteiger partial charge in [-0.05, 0) is 18.2 Å². The lowest BCUT2D eigenvalue weighted by Crippen LogP contribution is -2.31. The number of furan rings is 1. The van der Waals surface area contributed by atoms with Gasteiger partial charge in [0.1, 0.15) is 5.76 Å². The first-order valence-corrected chi connectivity index (χ1v) is 5.52. The smallest absolute Gasteiger partial charge is 0.151 e. The Morgan fingerprint density at radius 3 is 2.71 bits per heavy atom. The highest BCUT2D eigenvalue weighted by atomic mass is 16.3. The van der Waals surface area contributed by atoms with Crippen LogP contribution in [-0.4, -0.2) is 5.84 Å². The van der Waals surface area contributed by atoms with Crippen LogP contribution in [0.15, 0.2) is 52.1 Å². The second kappa shape index (κ2) is 5.32. The number of nitrogens with one attached hydrogen (secondary N) is 1. The van der Waals surface area contributed by atoms with Crippen molar-refractivity contribution in [3.63, 3.8) is 0 Å². The lowest BCUT2D eigenvalue weighted by molar-refractivity contribution is 0.515. The van der Waals surface area contributed by atoms with E-state index in [-0.39, 0.29) is 0 Å². The number of para-hydroxylation sites is 1. The Kier molecular flexibility index (Phi) is 3.57. The van der Waals surface area contributed by atoms with Gasteiger partial charge in [0.15, 0.2) is 5.84 Å². The number of benzene rings is 1. The predicted octanol–water partition coefficient (Wildman–Crippen LogP) is 2.38. The number of aliphatic imine (C=N–C) groups is 1. The van der Waals surface area contributed by atoms with Gasteiger partial charge in [-0.15, -0.1) is 0 Å².